The Kier molecular flexibility index (Phi) is 5.53. The molecule has 0 aliphatic carbocycles. The van der Waals surface area contributed by atoms with Crippen molar-refractivity contribution in [2.75, 3.05) is 6.54 Å². The number of aromatic nitrogens is 2. The van der Waals surface area contributed by atoms with Crippen LogP contribution in [0.2, 0.25) is 0 Å². The van der Waals surface area contributed by atoms with Crippen molar-refractivity contribution in [3.63, 3.8) is 0 Å². The second-order valence-corrected chi connectivity index (χ2v) is 4.70. The third-order valence-corrected chi connectivity index (χ3v) is 3.13. The normalized spacial score (nSPS) is 11.6. The second-order valence-electron chi connectivity index (χ2n) is 4.70. The van der Waals surface area contributed by atoms with Gasteiger partial charge < -0.3 is 15.2 Å². The van der Waals surface area contributed by atoms with Gasteiger partial charge in [-0.1, -0.05) is 30.3 Å². The zero-order valence-electron chi connectivity index (χ0n) is 11.9. The molecule has 0 aliphatic heterocycles. The highest BCUT2D eigenvalue weighted by molar-refractivity contribution is 5.76. The van der Waals surface area contributed by atoms with Gasteiger partial charge in [0.1, 0.15) is 6.61 Å². The molecule has 1 heterocycles. The summed E-state index contributed by atoms with van der Waals surface area (Å²) in [5, 5.41) is 18.0. The predicted molar refractivity (Wildman–Crippen MR) is 78.2 cm³/mol. The minimum Gasteiger partial charge on any atom is -0.481 e. The fourth-order valence-corrected chi connectivity index (χ4v) is 1.98. The molecule has 1 aromatic heterocycles. The number of aromatic amines is 1. The monoisotopic (exact) mass is 303 g/mol. The quantitative estimate of drug-likeness (QED) is 0.724. The number of carboxylic acid groups (broad SMARTS) is 1. The molecule has 0 radical (unpaired) electrons. The van der Waals surface area contributed by atoms with Gasteiger partial charge in [0, 0.05) is 18.3 Å². The zero-order valence-corrected chi connectivity index (χ0v) is 11.9. The summed E-state index contributed by atoms with van der Waals surface area (Å²) in [5.74, 6) is -1.67. The minimum atomic E-state index is -0.958. The third-order valence-electron chi connectivity index (χ3n) is 3.13. The molecule has 1 unspecified atom stereocenters. The smallest absolute Gasteiger partial charge is 0.407 e. The molecule has 116 valence electrons. The lowest BCUT2D eigenvalue weighted by atomic mass is 9.99. The number of amides is 1. The first-order valence-electron chi connectivity index (χ1n) is 6.83. The molecule has 0 aliphatic rings. The van der Waals surface area contributed by atoms with Crippen molar-refractivity contribution in [2.45, 2.75) is 18.9 Å². The highest BCUT2D eigenvalue weighted by Crippen LogP contribution is 2.17. The number of benzene rings is 1. The van der Waals surface area contributed by atoms with Crippen LogP contribution in [0.3, 0.4) is 0 Å². The van der Waals surface area contributed by atoms with Gasteiger partial charge in [0.25, 0.3) is 0 Å². The predicted octanol–water partition coefficient (Wildman–Crippen LogP) is 1.89. The van der Waals surface area contributed by atoms with Crippen molar-refractivity contribution in [3.05, 3.63) is 53.9 Å². The first-order chi connectivity index (χ1) is 10.7. The molecule has 2 rings (SSSR count). The summed E-state index contributed by atoms with van der Waals surface area (Å²) in [4.78, 5) is 22.8. The first-order valence-corrected chi connectivity index (χ1v) is 6.83. The van der Waals surface area contributed by atoms with Crippen LogP contribution in [-0.2, 0) is 16.1 Å². The number of H-pyrrole nitrogens is 1. The van der Waals surface area contributed by atoms with Crippen molar-refractivity contribution >= 4 is 12.1 Å². The fraction of sp³-hybridized carbons (Fsp3) is 0.267. The van der Waals surface area contributed by atoms with Gasteiger partial charge in [0.15, 0.2) is 0 Å². The maximum absolute atomic E-state index is 11.6. The van der Waals surface area contributed by atoms with E-state index in [0.29, 0.717) is 5.56 Å². The Morgan fingerprint density at radius 2 is 2.09 bits per heavy atom. The number of rotatable bonds is 7. The SMILES string of the molecule is O=C(NCCC(C(=O)O)c1cn[nH]c1)OCc1ccccc1. The number of carboxylic acids is 1. The maximum Gasteiger partial charge on any atom is 0.407 e. The molecule has 1 amide bonds. The van der Waals surface area contributed by atoms with E-state index in [1.165, 1.54) is 12.4 Å². The van der Waals surface area contributed by atoms with Crippen LogP contribution in [0, 0.1) is 0 Å². The molecule has 7 nitrogen and oxygen atoms in total. The molecule has 0 fully saturated rings. The molecule has 3 N–H and O–H groups in total. The van der Waals surface area contributed by atoms with E-state index in [-0.39, 0.29) is 19.6 Å². The summed E-state index contributed by atoms with van der Waals surface area (Å²) in [6.07, 6.45) is 2.69. The minimum absolute atomic E-state index is 0.177. The summed E-state index contributed by atoms with van der Waals surface area (Å²) in [6, 6.07) is 9.31. The Bertz CT molecular complexity index is 599. The van der Waals surface area contributed by atoms with E-state index in [2.05, 4.69) is 15.5 Å². The van der Waals surface area contributed by atoms with E-state index in [1.807, 2.05) is 30.3 Å². The highest BCUT2D eigenvalue weighted by atomic mass is 16.5. The lowest BCUT2D eigenvalue weighted by Crippen LogP contribution is -2.27. The summed E-state index contributed by atoms with van der Waals surface area (Å²) in [5.41, 5.74) is 1.46. The van der Waals surface area contributed by atoms with Gasteiger partial charge in [-0.15, -0.1) is 0 Å². The summed E-state index contributed by atoms with van der Waals surface area (Å²) >= 11 is 0. The van der Waals surface area contributed by atoms with Crippen LogP contribution >= 0.6 is 0 Å². The number of aliphatic carboxylic acids is 1. The zero-order chi connectivity index (χ0) is 15.8. The number of hydrogen-bond donors (Lipinski definition) is 3. The molecule has 22 heavy (non-hydrogen) atoms. The van der Waals surface area contributed by atoms with Crippen molar-refractivity contribution in [2.24, 2.45) is 0 Å². The molecular formula is C15H17N3O4. The highest BCUT2D eigenvalue weighted by Gasteiger charge is 2.20. The second kappa shape index (κ2) is 7.82. The van der Waals surface area contributed by atoms with Crippen molar-refractivity contribution < 1.29 is 19.4 Å². The van der Waals surface area contributed by atoms with Crippen LogP contribution in [0.1, 0.15) is 23.5 Å². The van der Waals surface area contributed by atoms with E-state index >= 15 is 0 Å². The number of ether oxygens (including phenoxy) is 1. The van der Waals surface area contributed by atoms with E-state index in [1.54, 1.807) is 0 Å². The van der Waals surface area contributed by atoms with E-state index in [9.17, 15) is 14.7 Å². The van der Waals surface area contributed by atoms with Crippen LogP contribution < -0.4 is 5.32 Å². The molecule has 0 bridgehead atoms. The molecule has 7 heteroatoms. The molecular weight excluding hydrogens is 286 g/mol. The number of hydrogen-bond acceptors (Lipinski definition) is 4. The Morgan fingerprint density at radius 1 is 1.32 bits per heavy atom. The lowest BCUT2D eigenvalue weighted by Gasteiger charge is -2.11. The van der Waals surface area contributed by atoms with Crippen LogP contribution in [-0.4, -0.2) is 33.9 Å². The molecule has 0 saturated heterocycles. The molecule has 1 aromatic carbocycles. The lowest BCUT2D eigenvalue weighted by molar-refractivity contribution is -0.138. The van der Waals surface area contributed by atoms with Crippen LogP contribution in [0.15, 0.2) is 42.7 Å². The van der Waals surface area contributed by atoms with Gasteiger partial charge in [-0.05, 0) is 12.0 Å². The van der Waals surface area contributed by atoms with Crippen molar-refractivity contribution in [1.29, 1.82) is 0 Å². The number of nitrogens with one attached hydrogen (secondary N) is 2. The van der Waals surface area contributed by atoms with Crippen molar-refractivity contribution in [3.8, 4) is 0 Å². The van der Waals surface area contributed by atoms with Crippen LogP contribution in [0.25, 0.3) is 0 Å². The third kappa shape index (κ3) is 4.62. The van der Waals surface area contributed by atoms with Crippen LogP contribution in [0.4, 0.5) is 4.79 Å². The van der Waals surface area contributed by atoms with Crippen LogP contribution in [0.5, 0.6) is 0 Å². The van der Waals surface area contributed by atoms with Gasteiger partial charge in [-0.25, -0.2) is 4.79 Å². The standard InChI is InChI=1S/C15H17N3O4/c19-14(20)13(12-8-17-18-9-12)6-7-16-15(21)22-10-11-4-2-1-3-5-11/h1-5,8-9,13H,6-7,10H2,(H,16,21)(H,17,18)(H,19,20). The molecule has 0 saturated carbocycles. The Hall–Kier alpha value is -2.83. The largest absolute Gasteiger partial charge is 0.481 e. The summed E-state index contributed by atoms with van der Waals surface area (Å²) < 4.78 is 5.05. The van der Waals surface area contributed by atoms with E-state index in [4.69, 9.17) is 4.74 Å². The summed E-state index contributed by atoms with van der Waals surface area (Å²) in [7, 11) is 0. The number of carbonyl (C=O) groups excluding carboxylic acids is 1. The topological polar surface area (TPSA) is 104 Å². The van der Waals surface area contributed by atoms with Crippen molar-refractivity contribution in [1.82, 2.24) is 15.5 Å². The number of nitrogens with zero attached hydrogens (tertiary/aromatic N) is 1. The van der Waals surface area contributed by atoms with E-state index in [0.717, 1.165) is 5.56 Å². The molecule has 0 spiro atoms. The molecule has 2 aromatic rings. The summed E-state index contributed by atoms with van der Waals surface area (Å²) in [6.45, 7) is 0.381. The average Bonchev–Trinajstić information content (AvgIpc) is 3.04. The molecule has 1 atom stereocenters. The first kappa shape index (κ1) is 15.6. The number of alkyl carbamates (subject to hydrolysis) is 1. The van der Waals surface area contributed by atoms with E-state index < -0.39 is 18.0 Å². The van der Waals surface area contributed by atoms with Gasteiger partial charge in [-0.3, -0.25) is 9.89 Å². The van der Waals surface area contributed by atoms with Gasteiger partial charge in [0.05, 0.1) is 12.1 Å². The fourth-order valence-electron chi connectivity index (χ4n) is 1.98. The van der Waals surface area contributed by atoms with Gasteiger partial charge in [-0.2, -0.15) is 5.10 Å². The Balaban J connectivity index is 1.73. The van der Waals surface area contributed by atoms with Gasteiger partial charge >= 0.3 is 12.1 Å². The van der Waals surface area contributed by atoms with Gasteiger partial charge in [0.2, 0.25) is 0 Å². The average molecular weight is 303 g/mol. The maximum atomic E-state index is 11.6. The Labute approximate surface area is 127 Å². The Morgan fingerprint density at radius 3 is 2.73 bits per heavy atom. The number of carbonyl (C=O) groups is 2.